The Balaban J connectivity index is 2.16. The monoisotopic (exact) mass is 372 g/mol. The fraction of sp³-hybridized carbons (Fsp3) is 0.250. The molecule has 0 spiro atoms. The summed E-state index contributed by atoms with van der Waals surface area (Å²) in [5, 5.41) is 49.8. The second-order valence-electron chi connectivity index (χ2n) is 7.08. The quantitative estimate of drug-likeness (QED) is 0.476. The van der Waals surface area contributed by atoms with Gasteiger partial charge in [-0.3, -0.25) is 4.79 Å². The first-order valence-corrected chi connectivity index (χ1v) is 8.33. The van der Waals surface area contributed by atoms with Crippen molar-refractivity contribution in [1.82, 2.24) is 0 Å². The summed E-state index contributed by atoms with van der Waals surface area (Å²) in [6, 6.07) is 6.15. The second-order valence-corrected chi connectivity index (χ2v) is 7.08. The van der Waals surface area contributed by atoms with Crippen molar-refractivity contribution in [3.8, 4) is 34.3 Å². The molecule has 0 radical (unpaired) electrons. The lowest BCUT2D eigenvalue weighted by Crippen LogP contribution is -2.19. The fourth-order valence-corrected chi connectivity index (χ4v) is 2.87. The third kappa shape index (κ3) is 3.68. The van der Waals surface area contributed by atoms with Crippen molar-refractivity contribution in [3.63, 3.8) is 0 Å². The number of benzene rings is 2. The van der Waals surface area contributed by atoms with E-state index in [4.69, 9.17) is 4.42 Å². The van der Waals surface area contributed by atoms with Crippen molar-refractivity contribution in [2.75, 3.05) is 0 Å². The summed E-state index contributed by atoms with van der Waals surface area (Å²) in [5.41, 5.74) is -1.28. The van der Waals surface area contributed by atoms with E-state index in [-0.39, 0.29) is 57.9 Å². The molecule has 0 aliphatic carbocycles. The molecule has 0 amide bonds. The largest absolute Gasteiger partial charge is 0.508 e. The van der Waals surface area contributed by atoms with Gasteiger partial charge in [-0.2, -0.15) is 0 Å². The summed E-state index contributed by atoms with van der Waals surface area (Å²) in [7, 11) is 0. The molecule has 7 nitrogen and oxygen atoms in total. The van der Waals surface area contributed by atoms with Gasteiger partial charge in [-0.05, 0) is 38.8 Å². The predicted octanol–water partition coefficient (Wildman–Crippen LogP) is 2.99. The highest BCUT2D eigenvalue weighted by molar-refractivity contribution is 5.88. The van der Waals surface area contributed by atoms with Crippen molar-refractivity contribution in [2.45, 2.75) is 32.3 Å². The maximum Gasteiger partial charge on any atom is 0.197 e. The first-order valence-electron chi connectivity index (χ1n) is 8.33. The summed E-state index contributed by atoms with van der Waals surface area (Å²) in [5.74, 6) is -1.07. The van der Waals surface area contributed by atoms with Gasteiger partial charge in [0.2, 0.25) is 0 Å². The Morgan fingerprint density at radius 1 is 1.00 bits per heavy atom. The zero-order valence-corrected chi connectivity index (χ0v) is 14.9. The molecule has 27 heavy (non-hydrogen) atoms. The van der Waals surface area contributed by atoms with E-state index in [9.17, 15) is 30.3 Å². The summed E-state index contributed by atoms with van der Waals surface area (Å²) < 4.78 is 5.60. The van der Waals surface area contributed by atoms with Gasteiger partial charge in [-0.25, -0.2) is 0 Å². The van der Waals surface area contributed by atoms with Crippen LogP contribution in [-0.2, 0) is 6.42 Å². The Morgan fingerprint density at radius 2 is 1.70 bits per heavy atom. The van der Waals surface area contributed by atoms with Crippen LogP contribution in [0.1, 0.15) is 25.8 Å². The minimum Gasteiger partial charge on any atom is -0.508 e. The molecule has 7 heteroatoms. The van der Waals surface area contributed by atoms with Crippen LogP contribution in [0.25, 0.3) is 22.3 Å². The number of fused-ring (bicyclic) bond motifs is 1. The predicted molar refractivity (Wildman–Crippen MR) is 99.2 cm³/mol. The highest BCUT2D eigenvalue weighted by atomic mass is 16.3. The Kier molecular flexibility index (Phi) is 4.49. The van der Waals surface area contributed by atoms with Gasteiger partial charge in [0, 0.05) is 23.8 Å². The highest BCUT2D eigenvalue weighted by Gasteiger charge is 2.21. The lowest BCUT2D eigenvalue weighted by molar-refractivity contribution is 0.0711. The van der Waals surface area contributed by atoms with Gasteiger partial charge >= 0.3 is 0 Å². The Labute approximate surface area is 154 Å². The lowest BCUT2D eigenvalue weighted by Gasteiger charge is -2.18. The summed E-state index contributed by atoms with van der Waals surface area (Å²) in [6.45, 7) is 3.21. The van der Waals surface area contributed by atoms with Crippen LogP contribution in [0.2, 0.25) is 0 Å². The molecule has 3 rings (SSSR count). The van der Waals surface area contributed by atoms with E-state index in [0.717, 1.165) is 12.1 Å². The average molecular weight is 372 g/mol. The Morgan fingerprint density at radius 3 is 2.33 bits per heavy atom. The van der Waals surface area contributed by atoms with E-state index >= 15 is 0 Å². The maximum absolute atomic E-state index is 12.6. The van der Waals surface area contributed by atoms with Gasteiger partial charge in [0.25, 0.3) is 0 Å². The van der Waals surface area contributed by atoms with E-state index in [1.54, 1.807) is 13.8 Å². The van der Waals surface area contributed by atoms with E-state index in [1.165, 1.54) is 18.2 Å². The van der Waals surface area contributed by atoms with Crippen LogP contribution in [0, 0.1) is 0 Å². The molecule has 0 bridgehead atoms. The molecule has 0 unspecified atom stereocenters. The smallest absolute Gasteiger partial charge is 0.197 e. The third-order valence-corrected chi connectivity index (χ3v) is 4.31. The highest BCUT2D eigenvalue weighted by Crippen LogP contribution is 2.38. The van der Waals surface area contributed by atoms with E-state index in [0.29, 0.717) is 0 Å². The molecular weight excluding hydrogens is 352 g/mol. The number of phenols is 4. The van der Waals surface area contributed by atoms with Crippen LogP contribution in [0.5, 0.6) is 23.0 Å². The molecule has 0 aliphatic heterocycles. The van der Waals surface area contributed by atoms with Crippen molar-refractivity contribution in [2.24, 2.45) is 0 Å². The van der Waals surface area contributed by atoms with E-state index < -0.39 is 16.8 Å². The number of phenolic OH excluding ortho intramolecular Hbond substituents is 4. The van der Waals surface area contributed by atoms with Crippen molar-refractivity contribution >= 4 is 11.0 Å². The number of aromatic hydroxyl groups is 4. The van der Waals surface area contributed by atoms with Gasteiger partial charge in [-0.1, -0.05) is 0 Å². The van der Waals surface area contributed by atoms with Crippen molar-refractivity contribution in [1.29, 1.82) is 0 Å². The molecule has 142 valence electrons. The molecule has 2 aromatic carbocycles. The molecular formula is C20H20O7. The molecule has 0 atom stereocenters. The average Bonchev–Trinajstić information content (AvgIpc) is 2.52. The van der Waals surface area contributed by atoms with Gasteiger partial charge in [0.05, 0.1) is 11.2 Å². The standard InChI is InChI=1S/C20H20O7/c1-20(2,26)6-5-12-14(23)8-17-18(19(12)25)15(24)9-16(27-17)11-4-3-10(21)7-13(11)22/h3-4,7-9,21-23,25-26H,5-6H2,1-2H3. The summed E-state index contributed by atoms with van der Waals surface area (Å²) >= 11 is 0. The molecule has 0 fully saturated rings. The lowest BCUT2D eigenvalue weighted by atomic mass is 9.96. The zero-order chi connectivity index (χ0) is 19.9. The van der Waals surface area contributed by atoms with Crippen LogP contribution in [0.15, 0.2) is 39.5 Å². The first kappa shape index (κ1) is 18.6. The fourth-order valence-electron chi connectivity index (χ4n) is 2.87. The summed E-state index contributed by atoms with van der Waals surface area (Å²) in [6.07, 6.45) is 0.432. The molecule has 1 aromatic heterocycles. The maximum atomic E-state index is 12.6. The van der Waals surface area contributed by atoms with Gasteiger partial charge in [0.15, 0.2) is 5.43 Å². The van der Waals surface area contributed by atoms with Crippen LogP contribution >= 0.6 is 0 Å². The van der Waals surface area contributed by atoms with Crippen LogP contribution < -0.4 is 5.43 Å². The molecule has 0 aliphatic rings. The zero-order valence-electron chi connectivity index (χ0n) is 14.9. The normalized spacial score (nSPS) is 11.8. The van der Waals surface area contributed by atoms with Gasteiger partial charge in [-0.15, -0.1) is 0 Å². The number of hydrogen-bond acceptors (Lipinski definition) is 7. The van der Waals surface area contributed by atoms with Gasteiger partial charge < -0.3 is 29.9 Å². The Hall–Kier alpha value is -3.19. The minimum atomic E-state index is -1.00. The molecule has 1 heterocycles. The first-order chi connectivity index (χ1) is 12.6. The second kappa shape index (κ2) is 6.51. The van der Waals surface area contributed by atoms with Crippen LogP contribution in [0.4, 0.5) is 0 Å². The number of rotatable bonds is 4. The van der Waals surface area contributed by atoms with Crippen molar-refractivity contribution < 1.29 is 29.9 Å². The molecule has 0 saturated heterocycles. The van der Waals surface area contributed by atoms with Crippen LogP contribution in [0.3, 0.4) is 0 Å². The molecule has 0 saturated carbocycles. The SMILES string of the molecule is CC(C)(O)CCc1c(O)cc2oc(-c3ccc(O)cc3O)cc(=O)c2c1O. The molecule has 5 N–H and O–H groups in total. The van der Waals surface area contributed by atoms with E-state index in [1.807, 2.05) is 0 Å². The third-order valence-electron chi connectivity index (χ3n) is 4.31. The number of aliphatic hydroxyl groups is 1. The molecule has 3 aromatic rings. The topological polar surface area (TPSA) is 131 Å². The van der Waals surface area contributed by atoms with Gasteiger partial charge in [0.1, 0.15) is 39.7 Å². The number of hydrogen-bond donors (Lipinski definition) is 5. The van der Waals surface area contributed by atoms with Crippen molar-refractivity contribution in [3.05, 3.63) is 46.1 Å². The van der Waals surface area contributed by atoms with E-state index in [2.05, 4.69) is 0 Å². The van der Waals surface area contributed by atoms with Crippen LogP contribution in [-0.4, -0.2) is 31.1 Å². The Bertz CT molecular complexity index is 1070. The summed E-state index contributed by atoms with van der Waals surface area (Å²) in [4.78, 5) is 12.6. The minimum absolute atomic E-state index is 0.0213.